The van der Waals surface area contributed by atoms with Gasteiger partial charge < -0.3 is 31.0 Å². The van der Waals surface area contributed by atoms with Gasteiger partial charge >= 0.3 is 12.1 Å². The van der Waals surface area contributed by atoms with Crippen LogP contribution in [0, 0.1) is 11.8 Å². The first-order valence-corrected chi connectivity index (χ1v) is 14.2. The van der Waals surface area contributed by atoms with Crippen LogP contribution < -0.4 is 11.1 Å². The van der Waals surface area contributed by atoms with E-state index in [1.165, 1.54) is 0 Å². The normalized spacial score (nSPS) is 16.2. The van der Waals surface area contributed by atoms with Gasteiger partial charge in [-0.25, -0.2) is 4.79 Å². The lowest BCUT2D eigenvalue weighted by molar-refractivity contribution is -0.156. The van der Waals surface area contributed by atoms with Gasteiger partial charge in [0.25, 0.3) is 5.91 Å². The number of aromatic nitrogens is 1. The minimum Gasteiger partial charge on any atom is -0.481 e. The second-order valence-corrected chi connectivity index (χ2v) is 11.8. The molecule has 1 aromatic heterocycles. The number of aliphatic hydroxyl groups is 1. The standard InChI is InChI=1S/C30H46N4O7/c1-8-17(3)25(31)27(38)34(28(39)26(18(4)9-2)33-29(40)41-30(5,6)7)22(23(35)15-24(36)37)14-19-16-32-21-13-11-10-12-20(19)21/h10-13,16-18,22-23,25-26,32,35H,8-9,14-15,31H2,1-7H3,(H,33,40)(H,36,37)/t17-,18-,22-,23?,25-,26-/m0/s1. The Labute approximate surface area is 241 Å². The zero-order valence-corrected chi connectivity index (χ0v) is 25.1. The molecule has 41 heavy (non-hydrogen) atoms. The number of carboxylic acids is 1. The van der Waals surface area contributed by atoms with Gasteiger partial charge in [-0.2, -0.15) is 0 Å². The van der Waals surface area contributed by atoms with Gasteiger partial charge in [0.05, 0.1) is 24.6 Å². The van der Waals surface area contributed by atoms with Crippen LogP contribution in [0.1, 0.15) is 73.3 Å². The van der Waals surface area contributed by atoms with Crippen molar-refractivity contribution in [3.63, 3.8) is 0 Å². The number of amides is 3. The number of hydrogen-bond donors (Lipinski definition) is 5. The van der Waals surface area contributed by atoms with E-state index in [0.717, 1.165) is 15.8 Å². The number of H-pyrrole nitrogens is 1. The number of hydrogen-bond acceptors (Lipinski definition) is 7. The number of para-hydroxylation sites is 1. The summed E-state index contributed by atoms with van der Waals surface area (Å²) in [7, 11) is 0. The predicted octanol–water partition coefficient (Wildman–Crippen LogP) is 3.58. The Morgan fingerprint density at radius 3 is 2.22 bits per heavy atom. The maximum absolute atomic E-state index is 14.3. The highest BCUT2D eigenvalue weighted by molar-refractivity contribution is 6.01. The Morgan fingerprint density at radius 2 is 1.66 bits per heavy atom. The van der Waals surface area contributed by atoms with Gasteiger partial charge in [0.15, 0.2) is 0 Å². The van der Waals surface area contributed by atoms with Crippen LogP contribution in [0.25, 0.3) is 10.9 Å². The number of carbonyl (C=O) groups is 4. The van der Waals surface area contributed by atoms with E-state index in [0.29, 0.717) is 18.4 Å². The molecular formula is C30H46N4O7. The molecule has 0 bridgehead atoms. The Morgan fingerprint density at radius 1 is 1.05 bits per heavy atom. The number of nitrogens with one attached hydrogen (secondary N) is 2. The molecule has 0 radical (unpaired) electrons. The van der Waals surface area contributed by atoms with Crippen molar-refractivity contribution in [1.29, 1.82) is 0 Å². The number of benzene rings is 1. The van der Waals surface area contributed by atoms with E-state index >= 15 is 0 Å². The van der Waals surface area contributed by atoms with E-state index in [1.54, 1.807) is 40.8 Å². The first-order chi connectivity index (χ1) is 19.1. The SMILES string of the molecule is CC[C@H](C)[C@H](N)C(=O)N(C(=O)[C@@H](NC(=O)OC(C)(C)C)[C@@H](C)CC)[C@@H](Cc1c[nH]c2ccccc12)C(O)CC(=O)O. The van der Waals surface area contributed by atoms with Crippen molar-refractivity contribution in [2.45, 2.75) is 104 Å². The van der Waals surface area contributed by atoms with Gasteiger partial charge in [0.2, 0.25) is 5.91 Å². The van der Waals surface area contributed by atoms with E-state index < -0.39 is 66.0 Å². The van der Waals surface area contributed by atoms with E-state index in [4.69, 9.17) is 10.5 Å². The van der Waals surface area contributed by atoms with Gasteiger partial charge in [-0.05, 0) is 50.7 Å². The second kappa shape index (κ2) is 14.5. The van der Waals surface area contributed by atoms with Gasteiger partial charge in [0.1, 0.15) is 11.6 Å². The lowest BCUT2D eigenvalue weighted by Crippen LogP contribution is -2.63. The highest BCUT2D eigenvalue weighted by atomic mass is 16.6. The lowest BCUT2D eigenvalue weighted by atomic mass is 9.91. The fourth-order valence-corrected chi connectivity index (χ4v) is 4.60. The topological polar surface area (TPSA) is 175 Å². The number of aliphatic hydroxyl groups excluding tert-OH is 1. The van der Waals surface area contributed by atoms with Crippen molar-refractivity contribution in [2.24, 2.45) is 17.6 Å². The van der Waals surface area contributed by atoms with E-state index in [2.05, 4.69) is 10.3 Å². The number of aliphatic carboxylic acids is 1. The number of imide groups is 1. The molecule has 3 amide bonds. The summed E-state index contributed by atoms with van der Waals surface area (Å²) in [5, 5.41) is 24.2. The summed E-state index contributed by atoms with van der Waals surface area (Å²) in [5.41, 5.74) is 6.99. The number of aromatic amines is 1. The molecule has 1 heterocycles. The number of ether oxygens (including phenoxy) is 1. The highest BCUT2D eigenvalue weighted by Gasteiger charge is 2.43. The van der Waals surface area contributed by atoms with E-state index in [9.17, 15) is 29.4 Å². The largest absolute Gasteiger partial charge is 0.481 e. The molecule has 2 aromatic rings. The predicted molar refractivity (Wildman–Crippen MR) is 156 cm³/mol. The molecule has 6 atom stereocenters. The number of fused-ring (bicyclic) bond motifs is 1. The molecule has 0 spiro atoms. The van der Waals surface area contributed by atoms with Crippen molar-refractivity contribution in [1.82, 2.24) is 15.2 Å². The van der Waals surface area contributed by atoms with Crippen LogP contribution in [0.2, 0.25) is 0 Å². The van der Waals surface area contributed by atoms with Crippen molar-refractivity contribution >= 4 is 34.8 Å². The summed E-state index contributed by atoms with van der Waals surface area (Å²) in [6, 6.07) is 3.80. The molecule has 1 unspecified atom stereocenters. The molecule has 11 nitrogen and oxygen atoms in total. The third-order valence-electron chi connectivity index (χ3n) is 7.43. The molecule has 228 valence electrons. The molecular weight excluding hydrogens is 528 g/mol. The molecule has 11 heteroatoms. The summed E-state index contributed by atoms with van der Waals surface area (Å²) in [4.78, 5) is 56.8. The van der Waals surface area contributed by atoms with E-state index in [-0.39, 0.29) is 12.3 Å². The van der Waals surface area contributed by atoms with Crippen LogP contribution >= 0.6 is 0 Å². The van der Waals surface area contributed by atoms with Crippen molar-refractivity contribution in [2.75, 3.05) is 0 Å². The fourth-order valence-electron chi connectivity index (χ4n) is 4.60. The molecule has 0 aliphatic carbocycles. The van der Waals surface area contributed by atoms with Gasteiger partial charge in [-0.15, -0.1) is 0 Å². The molecule has 1 aromatic carbocycles. The minimum atomic E-state index is -1.61. The first-order valence-electron chi connectivity index (χ1n) is 14.2. The van der Waals surface area contributed by atoms with Crippen LogP contribution in [0.3, 0.4) is 0 Å². The van der Waals surface area contributed by atoms with Crippen molar-refractivity contribution in [3.05, 3.63) is 36.0 Å². The molecule has 0 aliphatic rings. The van der Waals surface area contributed by atoms with Crippen molar-refractivity contribution in [3.8, 4) is 0 Å². The Balaban J connectivity index is 2.67. The second-order valence-electron chi connectivity index (χ2n) is 11.8. The van der Waals surface area contributed by atoms with Crippen LogP contribution in [-0.2, 0) is 25.5 Å². The van der Waals surface area contributed by atoms with Crippen LogP contribution in [0.4, 0.5) is 4.79 Å². The Hall–Kier alpha value is -3.44. The van der Waals surface area contributed by atoms with Crippen molar-refractivity contribution < 1.29 is 34.1 Å². The Bertz CT molecular complexity index is 1200. The quantitative estimate of drug-likeness (QED) is 0.241. The number of carboxylic acid groups (broad SMARTS) is 1. The zero-order chi connectivity index (χ0) is 31.1. The monoisotopic (exact) mass is 574 g/mol. The summed E-state index contributed by atoms with van der Waals surface area (Å²) in [6.45, 7) is 12.3. The maximum Gasteiger partial charge on any atom is 0.408 e. The van der Waals surface area contributed by atoms with Crippen LogP contribution in [0.5, 0.6) is 0 Å². The molecule has 0 aliphatic heterocycles. The third kappa shape index (κ3) is 9.02. The number of nitrogens with two attached hydrogens (primary N) is 1. The lowest BCUT2D eigenvalue weighted by Gasteiger charge is -2.38. The average molecular weight is 575 g/mol. The molecule has 0 saturated carbocycles. The number of nitrogens with zero attached hydrogens (tertiary/aromatic N) is 1. The third-order valence-corrected chi connectivity index (χ3v) is 7.43. The average Bonchev–Trinajstić information content (AvgIpc) is 3.31. The molecule has 6 N–H and O–H groups in total. The summed E-state index contributed by atoms with van der Waals surface area (Å²) in [6.07, 6.45) is -0.482. The molecule has 2 rings (SSSR count). The smallest absolute Gasteiger partial charge is 0.408 e. The molecule has 0 fully saturated rings. The fraction of sp³-hybridized carbons (Fsp3) is 0.600. The number of carbonyl (C=O) groups excluding carboxylic acids is 3. The van der Waals surface area contributed by atoms with Crippen LogP contribution in [0.15, 0.2) is 30.5 Å². The minimum absolute atomic E-state index is 0.0389. The highest BCUT2D eigenvalue weighted by Crippen LogP contribution is 2.26. The summed E-state index contributed by atoms with van der Waals surface area (Å²) < 4.78 is 5.39. The zero-order valence-electron chi connectivity index (χ0n) is 25.1. The van der Waals surface area contributed by atoms with Crippen LogP contribution in [-0.4, -0.2) is 73.8 Å². The van der Waals surface area contributed by atoms with E-state index in [1.807, 2.05) is 38.1 Å². The van der Waals surface area contributed by atoms with Gasteiger partial charge in [-0.1, -0.05) is 58.7 Å². The Kier molecular flexibility index (Phi) is 11.9. The summed E-state index contributed by atoms with van der Waals surface area (Å²) in [5.74, 6) is -3.58. The summed E-state index contributed by atoms with van der Waals surface area (Å²) >= 11 is 0. The molecule has 0 saturated heterocycles. The number of rotatable bonds is 13. The first kappa shape index (κ1) is 33.8. The van der Waals surface area contributed by atoms with Gasteiger partial charge in [0, 0.05) is 17.1 Å². The number of alkyl carbamates (subject to hydrolysis) is 1. The van der Waals surface area contributed by atoms with Gasteiger partial charge in [-0.3, -0.25) is 19.3 Å². The maximum atomic E-state index is 14.3.